The van der Waals surface area contributed by atoms with Crippen molar-refractivity contribution in [1.29, 1.82) is 0 Å². The first-order valence-electron chi connectivity index (χ1n) is 11.7. The average Bonchev–Trinajstić information content (AvgIpc) is 2.71. The second-order valence-corrected chi connectivity index (χ2v) is 8.20. The van der Waals surface area contributed by atoms with Crippen molar-refractivity contribution < 1.29 is 19.7 Å². The molecule has 1 aromatic carbocycles. The summed E-state index contributed by atoms with van der Waals surface area (Å²) in [6.45, 7) is 2.94. The van der Waals surface area contributed by atoms with Crippen molar-refractivity contribution in [2.45, 2.75) is 116 Å². The van der Waals surface area contributed by atoms with Gasteiger partial charge in [-0.15, -0.1) is 0 Å². The number of carboxylic acids is 1. The van der Waals surface area contributed by atoms with E-state index in [0.717, 1.165) is 32.1 Å². The first kappa shape index (κ1) is 25.6. The summed E-state index contributed by atoms with van der Waals surface area (Å²) in [5.74, 6) is -0.777. The molecule has 2 unspecified atom stereocenters. The van der Waals surface area contributed by atoms with Crippen molar-refractivity contribution in [1.82, 2.24) is 0 Å². The van der Waals surface area contributed by atoms with Gasteiger partial charge in [0, 0.05) is 6.42 Å². The molecule has 1 rings (SSSR count). The molecule has 0 aliphatic rings. The molecule has 0 amide bonds. The van der Waals surface area contributed by atoms with E-state index >= 15 is 0 Å². The van der Waals surface area contributed by atoms with Gasteiger partial charge in [0.1, 0.15) is 0 Å². The summed E-state index contributed by atoms with van der Waals surface area (Å²) in [7, 11) is 0. The number of hydrogen-bond acceptors (Lipinski definition) is 3. The van der Waals surface area contributed by atoms with Crippen molar-refractivity contribution >= 4 is 5.97 Å². The minimum absolute atomic E-state index is 0.160. The molecule has 0 spiro atoms. The molecule has 0 radical (unpaired) electrons. The van der Waals surface area contributed by atoms with Gasteiger partial charge in [0.25, 0.3) is 0 Å². The van der Waals surface area contributed by atoms with Crippen LogP contribution < -0.4 is 0 Å². The number of rotatable bonds is 19. The highest BCUT2D eigenvalue weighted by Gasteiger charge is 2.08. The number of aliphatic hydroxyl groups is 1. The third-order valence-electron chi connectivity index (χ3n) is 5.43. The van der Waals surface area contributed by atoms with E-state index in [2.05, 4.69) is 31.2 Å². The Morgan fingerprint density at radius 2 is 1.45 bits per heavy atom. The number of ether oxygens (including phenoxy) is 1. The molecule has 1 aromatic rings. The monoisotopic (exact) mass is 406 g/mol. The van der Waals surface area contributed by atoms with Crippen LogP contribution in [0.15, 0.2) is 30.3 Å². The number of unbranched alkanes of at least 4 members (excludes halogenated alkanes) is 6. The number of aliphatic hydroxyl groups excluding tert-OH is 1. The highest BCUT2D eigenvalue weighted by Crippen LogP contribution is 2.17. The van der Waals surface area contributed by atoms with E-state index in [-0.39, 0.29) is 12.5 Å². The summed E-state index contributed by atoms with van der Waals surface area (Å²) < 4.78 is 6.14. The van der Waals surface area contributed by atoms with E-state index < -0.39 is 5.97 Å². The second kappa shape index (κ2) is 17.5. The maximum atomic E-state index is 10.5. The Kier molecular flexibility index (Phi) is 15.4. The smallest absolute Gasteiger partial charge is 0.303 e. The highest BCUT2D eigenvalue weighted by molar-refractivity contribution is 5.66. The Labute approximate surface area is 177 Å². The molecule has 2 atom stereocenters. The zero-order chi connectivity index (χ0) is 21.2. The van der Waals surface area contributed by atoms with Crippen LogP contribution in [0.25, 0.3) is 0 Å². The largest absolute Gasteiger partial charge is 0.481 e. The molecular formula is C25H42O4. The molecule has 2 N–H and O–H groups in total. The first-order chi connectivity index (χ1) is 14.1. The molecule has 0 fully saturated rings. The third-order valence-corrected chi connectivity index (χ3v) is 5.43. The van der Waals surface area contributed by atoms with Crippen LogP contribution >= 0.6 is 0 Å². The van der Waals surface area contributed by atoms with E-state index in [1.165, 1.54) is 44.1 Å². The summed E-state index contributed by atoms with van der Waals surface area (Å²) in [5, 5.41) is 18.4. The highest BCUT2D eigenvalue weighted by atomic mass is 16.5. The van der Waals surface area contributed by atoms with E-state index in [1.54, 1.807) is 0 Å². The lowest BCUT2D eigenvalue weighted by atomic mass is 10.0. The number of hydrogen-bond donors (Lipinski definition) is 2. The van der Waals surface area contributed by atoms with Gasteiger partial charge in [0.05, 0.1) is 18.8 Å². The number of carboxylic acid groups (broad SMARTS) is 1. The average molecular weight is 407 g/mol. The standard InChI is InChI=1S/C25H42O4/c1-2-14-24(29-21-22-15-9-8-10-16-22)19-12-7-5-3-4-6-11-17-23(26)18-13-20-25(27)28/h8-10,15-16,23-24,26H,2-7,11-14,17-21H2,1H3,(H,27,28). The second-order valence-electron chi connectivity index (χ2n) is 8.20. The van der Waals surface area contributed by atoms with Crippen LogP contribution in [0.2, 0.25) is 0 Å². The maximum absolute atomic E-state index is 10.5. The van der Waals surface area contributed by atoms with Crippen molar-refractivity contribution in [2.24, 2.45) is 0 Å². The van der Waals surface area contributed by atoms with Gasteiger partial charge in [-0.1, -0.05) is 88.6 Å². The summed E-state index contributed by atoms with van der Waals surface area (Å²) in [5.41, 5.74) is 1.25. The molecule has 4 heteroatoms. The Hall–Kier alpha value is -1.39. The Morgan fingerprint density at radius 1 is 0.862 bits per heavy atom. The number of benzene rings is 1. The van der Waals surface area contributed by atoms with Crippen LogP contribution in [0.1, 0.15) is 102 Å². The van der Waals surface area contributed by atoms with Crippen molar-refractivity contribution in [3.63, 3.8) is 0 Å². The van der Waals surface area contributed by atoms with Gasteiger partial charge < -0.3 is 14.9 Å². The zero-order valence-corrected chi connectivity index (χ0v) is 18.4. The van der Waals surface area contributed by atoms with Gasteiger partial charge in [-0.3, -0.25) is 4.79 Å². The SMILES string of the molecule is CCCC(CCCCCCCCCC(O)CCCC(=O)O)OCc1ccccc1. The fourth-order valence-corrected chi connectivity index (χ4v) is 3.69. The lowest BCUT2D eigenvalue weighted by Crippen LogP contribution is -2.12. The molecular weight excluding hydrogens is 364 g/mol. The van der Waals surface area contributed by atoms with E-state index in [0.29, 0.717) is 25.6 Å². The molecule has 0 aliphatic carbocycles. The summed E-state index contributed by atoms with van der Waals surface area (Å²) in [4.78, 5) is 10.5. The Bertz CT molecular complexity index is 503. The van der Waals surface area contributed by atoms with Gasteiger partial charge in [-0.25, -0.2) is 0 Å². The molecule has 4 nitrogen and oxygen atoms in total. The summed E-state index contributed by atoms with van der Waals surface area (Å²) in [6, 6.07) is 10.4. The zero-order valence-electron chi connectivity index (χ0n) is 18.4. The summed E-state index contributed by atoms with van der Waals surface area (Å²) in [6.07, 6.45) is 14.1. The predicted molar refractivity (Wildman–Crippen MR) is 119 cm³/mol. The van der Waals surface area contributed by atoms with Crippen LogP contribution in [0.4, 0.5) is 0 Å². The lowest BCUT2D eigenvalue weighted by Gasteiger charge is -2.17. The minimum Gasteiger partial charge on any atom is -0.481 e. The molecule has 0 aromatic heterocycles. The van der Waals surface area contributed by atoms with Crippen molar-refractivity contribution in [3.8, 4) is 0 Å². The van der Waals surface area contributed by atoms with Crippen LogP contribution in [-0.2, 0) is 16.1 Å². The van der Waals surface area contributed by atoms with Gasteiger partial charge in [-0.2, -0.15) is 0 Å². The fourth-order valence-electron chi connectivity index (χ4n) is 3.69. The third kappa shape index (κ3) is 15.2. The summed E-state index contributed by atoms with van der Waals surface area (Å²) >= 11 is 0. The maximum Gasteiger partial charge on any atom is 0.303 e. The Morgan fingerprint density at radius 3 is 2.07 bits per heavy atom. The Balaban J connectivity index is 1.96. The topological polar surface area (TPSA) is 66.8 Å². The molecule has 0 aliphatic heterocycles. The number of carbonyl (C=O) groups is 1. The van der Waals surface area contributed by atoms with Crippen LogP contribution in [0, 0.1) is 0 Å². The van der Waals surface area contributed by atoms with Crippen LogP contribution in [-0.4, -0.2) is 28.4 Å². The molecule has 0 saturated carbocycles. The first-order valence-corrected chi connectivity index (χ1v) is 11.7. The van der Waals surface area contributed by atoms with Gasteiger partial charge in [0.2, 0.25) is 0 Å². The van der Waals surface area contributed by atoms with E-state index in [4.69, 9.17) is 9.84 Å². The molecule has 0 saturated heterocycles. The predicted octanol–water partition coefficient (Wildman–Crippen LogP) is 6.50. The quantitative estimate of drug-likeness (QED) is 0.257. The van der Waals surface area contributed by atoms with Crippen LogP contribution in [0.5, 0.6) is 0 Å². The molecule has 0 heterocycles. The molecule has 0 bridgehead atoms. The fraction of sp³-hybridized carbons (Fsp3) is 0.720. The normalized spacial score (nSPS) is 13.3. The number of aliphatic carboxylic acids is 1. The van der Waals surface area contributed by atoms with Gasteiger partial charge >= 0.3 is 5.97 Å². The molecule has 29 heavy (non-hydrogen) atoms. The van der Waals surface area contributed by atoms with Crippen molar-refractivity contribution in [2.75, 3.05) is 0 Å². The molecule has 166 valence electrons. The minimum atomic E-state index is -0.777. The van der Waals surface area contributed by atoms with E-state index in [9.17, 15) is 9.90 Å². The van der Waals surface area contributed by atoms with E-state index in [1.807, 2.05) is 6.07 Å². The lowest BCUT2D eigenvalue weighted by molar-refractivity contribution is -0.137. The van der Waals surface area contributed by atoms with Crippen LogP contribution in [0.3, 0.4) is 0 Å². The van der Waals surface area contributed by atoms with Gasteiger partial charge in [-0.05, 0) is 37.7 Å². The van der Waals surface area contributed by atoms with Crippen molar-refractivity contribution in [3.05, 3.63) is 35.9 Å². The van der Waals surface area contributed by atoms with Gasteiger partial charge in [0.15, 0.2) is 0 Å².